The molecule has 0 saturated carbocycles. The zero-order chi connectivity index (χ0) is 19.7. The van der Waals surface area contributed by atoms with Crippen LogP contribution in [0.1, 0.15) is 41.3 Å². The largest absolute Gasteiger partial charge is 0.369 e. The smallest absolute Gasteiger partial charge is 0.243 e. The molecule has 0 atom stereocenters. The average Bonchev–Trinajstić information content (AvgIpc) is 2.73. The van der Waals surface area contributed by atoms with Crippen molar-refractivity contribution in [1.29, 1.82) is 0 Å². The summed E-state index contributed by atoms with van der Waals surface area (Å²) in [6, 6.07) is 13.2. The Balaban J connectivity index is 1.48. The van der Waals surface area contributed by atoms with E-state index >= 15 is 0 Å². The van der Waals surface area contributed by atoms with Gasteiger partial charge < -0.3 is 4.90 Å². The molecular weight excluding hydrogens is 372 g/mol. The van der Waals surface area contributed by atoms with Crippen molar-refractivity contribution >= 4 is 21.5 Å². The second kappa shape index (κ2) is 7.68. The number of fused-ring (bicyclic) bond motifs is 1. The summed E-state index contributed by atoms with van der Waals surface area (Å²) in [5, 5.41) is 0. The predicted molar refractivity (Wildman–Crippen MR) is 111 cm³/mol. The van der Waals surface area contributed by atoms with Crippen LogP contribution in [-0.4, -0.2) is 44.7 Å². The highest BCUT2D eigenvalue weighted by Gasteiger charge is 2.29. The molecule has 148 valence electrons. The number of hydrogen-bond acceptors (Lipinski definition) is 4. The van der Waals surface area contributed by atoms with Crippen molar-refractivity contribution in [2.75, 3.05) is 31.1 Å². The Morgan fingerprint density at radius 3 is 2.32 bits per heavy atom. The van der Waals surface area contributed by atoms with Crippen molar-refractivity contribution in [3.05, 3.63) is 59.2 Å². The lowest BCUT2D eigenvalue weighted by Crippen LogP contribution is -2.48. The van der Waals surface area contributed by atoms with Gasteiger partial charge in [-0.1, -0.05) is 18.2 Å². The summed E-state index contributed by atoms with van der Waals surface area (Å²) in [5.41, 5.74) is 4.13. The lowest BCUT2D eigenvalue weighted by molar-refractivity contribution is 0.101. The van der Waals surface area contributed by atoms with E-state index in [0.29, 0.717) is 36.6 Å². The predicted octanol–water partition coefficient (Wildman–Crippen LogP) is 3.28. The topological polar surface area (TPSA) is 57.7 Å². The second-order valence-electron chi connectivity index (χ2n) is 7.64. The van der Waals surface area contributed by atoms with Crippen molar-refractivity contribution in [1.82, 2.24) is 4.31 Å². The fraction of sp³-hybridized carbons (Fsp3) is 0.409. The minimum Gasteiger partial charge on any atom is -0.369 e. The molecule has 6 heteroatoms. The van der Waals surface area contributed by atoms with Gasteiger partial charge in [0.15, 0.2) is 5.78 Å². The van der Waals surface area contributed by atoms with Gasteiger partial charge in [-0.15, -0.1) is 0 Å². The number of sulfonamides is 1. The van der Waals surface area contributed by atoms with E-state index in [2.05, 4.69) is 4.90 Å². The van der Waals surface area contributed by atoms with Gasteiger partial charge in [-0.25, -0.2) is 8.42 Å². The van der Waals surface area contributed by atoms with Crippen LogP contribution in [-0.2, 0) is 22.9 Å². The van der Waals surface area contributed by atoms with E-state index in [9.17, 15) is 13.2 Å². The summed E-state index contributed by atoms with van der Waals surface area (Å²) in [6.45, 7) is 3.69. The summed E-state index contributed by atoms with van der Waals surface area (Å²) in [5.74, 6) is 0.0375. The molecule has 4 rings (SSSR count). The number of nitrogens with zero attached hydrogens (tertiary/aromatic N) is 2. The normalized spacial score (nSPS) is 18.0. The Labute approximate surface area is 167 Å². The van der Waals surface area contributed by atoms with Crippen LogP contribution in [0.4, 0.5) is 5.69 Å². The third-order valence-electron chi connectivity index (χ3n) is 5.81. The first kappa shape index (κ1) is 19.2. The SMILES string of the molecule is CC(=O)c1cccc(N2CCN(S(=O)(=O)c3ccc4c(c3)CCCC4)CC2)c1. The zero-order valence-corrected chi connectivity index (χ0v) is 17.0. The quantitative estimate of drug-likeness (QED) is 0.742. The number of benzene rings is 2. The fourth-order valence-corrected chi connectivity index (χ4v) is 5.60. The van der Waals surface area contributed by atoms with Gasteiger partial charge in [-0.05, 0) is 68.0 Å². The standard InChI is InChI=1S/C22H26N2O3S/c1-17(25)19-7-4-8-21(15-19)23-11-13-24(14-12-23)28(26,27)22-10-9-18-5-2-3-6-20(18)16-22/h4,7-10,15-16H,2-3,5-6,11-14H2,1H3. The van der Waals surface area contributed by atoms with Crippen LogP contribution in [0, 0.1) is 0 Å². The van der Waals surface area contributed by atoms with Crippen LogP contribution in [0.5, 0.6) is 0 Å². The zero-order valence-electron chi connectivity index (χ0n) is 16.2. The van der Waals surface area contributed by atoms with Gasteiger partial charge >= 0.3 is 0 Å². The molecular formula is C22H26N2O3S. The molecule has 28 heavy (non-hydrogen) atoms. The maximum absolute atomic E-state index is 13.1. The van der Waals surface area contributed by atoms with Crippen molar-refractivity contribution in [3.63, 3.8) is 0 Å². The minimum absolute atomic E-state index is 0.0375. The van der Waals surface area contributed by atoms with E-state index in [0.717, 1.165) is 24.9 Å². The molecule has 0 aromatic heterocycles. The number of ketones is 1. The molecule has 1 saturated heterocycles. The van der Waals surface area contributed by atoms with E-state index in [1.807, 2.05) is 36.4 Å². The van der Waals surface area contributed by atoms with Gasteiger partial charge in [0, 0.05) is 37.4 Å². The minimum atomic E-state index is -3.47. The molecule has 0 amide bonds. The van der Waals surface area contributed by atoms with E-state index in [4.69, 9.17) is 0 Å². The number of hydrogen-bond donors (Lipinski definition) is 0. The Kier molecular flexibility index (Phi) is 5.25. The molecule has 1 aliphatic heterocycles. The summed E-state index contributed by atoms with van der Waals surface area (Å²) < 4.78 is 27.8. The van der Waals surface area contributed by atoms with E-state index in [1.54, 1.807) is 17.3 Å². The third-order valence-corrected chi connectivity index (χ3v) is 7.71. The molecule has 5 nitrogen and oxygen atoms in total. The molecule has 2 aromatic rings. The number of carbonyl (C=O) groups is 1. The highest BCUT2D eigenvalue weighted by Crippen LogP contribution is 2.27. The maximum Gasteiger partial charge on any atom is 0.243 e. The molecule has 0 unspecified atom stereocenters. The Morgan fingerprint density at radius 2 is 1.61 bits per heavy atom. The molecule has 2 aliphatic rings. The number of aryl methyl sites for hydroxylation is 2. The van der Waals surface area contributed by atoms with Gasteiger partial charge in [-0.3, -0.25) is 4.79 Å². The molecule has 0 bridgehead atoms. The fourth-order valence-electron chi connectivity index (χ4n) is 4.13. The summed E-state index contributed by atoms with van der Waals surface area (Å²) >= 11 is 0. The van der Waals surface area contributed by atoms with Crippen molar-refractivity contribution < 1.29 is 13.2 Å². The van der Waals surface area contributed by atoms with Crippen LogP contribution in [0.3, 0.4) is 0 Å². The second-order valence-corrected chi connectivity index (χ2v) is 9.57. The Bertz CT molecular complexity index is 993. The first-order valence-corrected chi connectivity index (χ1v) is 11.4. The van der Waals surface area contributed by atoms with Gasteiger partial charge in [0.1, 0.15) is 0 Å². The Hall–Kier alpha value is -2.18. The van der Waals surface area contributed by atoms with Crippen molar-refractivity contribution in [2.45, 2.75) is 37.5 Å². The number of anilines is 1. The highest BCUT2D eigenvalue weighted by atomic mass is 32.2. The van der Waals surface area contributed by atoms with Gasteiger partial charge in [-0.2, -0.15) is 4.31 Å². The molecule has 2 aromatic carbocycles. The van der Waals surface area contributed by atoms with E-state index in [1.165, 1.54) is 17.5 Å². The maximum atomic E-state index is 13.1. The molecule has 1 fully saturated rings. The molecule has 1 aliphatic carbocycles. The number of rotatable bonds is 4. The third kappa shape index (κ3) is 3.71. The van der Waals surface area contributed by atoms with Crippen LogP contribution >= 0.6 is 0 Å². The number of piperazine rings is 1. The number of Topliss-reactive ketones (excluding diaryl/α,β-unsaturated/α-hetero) is 1. The molecule has 1 heterocycles. The van der Waals surface area contributed by atoms with Crippen molar-refractivity contribution in [3.8, 4) is 0 Å². The summed E-state index contributed by atoms with van der Waals surface area (Å²) in [6.07, 6.45) is 4.34. The van der Waals surface area contributed by atoms with Crippen LogP contribution in [0.25, 0.3) is 0 Å². The van der Waals surface area contributed by atoms with E-state index < -0.39 is 10.0 Å². The average molecular weight is 399 g/mol. The summed E-state index contributed by atoms with van der Waals surface area (Å²) in [7, 11) is -3.47. The van der Waals surface area contributed by atoms with E-state index in [-0.39, 0.29) is 5.78 Å². The first-order chi connectivity index (χ1) is 13.4. The molecule has 0 spiro atoms. The first-order valence-electron chi connectivity index (χ1n) is 9.93. The monoisotopic (exact) mass is 398 g/mol. The van der Waals surface area contributed by atoms with Gasteiger partial charge in [0.05, 0.1) is 4.90 Å². The van der Waals surface area contributed by atoms with Gasteiger partial charge in [0.2, 0.25) is 10.0 Å². The number of carbonyl (C=O) groups excluding carboxylic acids is 1. The highest BCUT2D eigenvalue weighted by molar-refractivity contribution is 7.89. The Morgan fingerprint density at radius 1 is 0.893 bits per heavy atom. The van der Waals surface area contributed by atoms with Crippen LogP contribution < -0.4 is 4.90 Å². The molecule has 0 N–H and O–H groups in total. The molecule has 0 radical (unpaired) electrons. The van der Waals surface area contributed by atoms with Gasteiger partial charge in [0.25, 0.3) is 0 Å². The summed E-state index contributed by atoms with van der Waals surface area (Å²) in [4.78, 5) is 14.2. The van der Waals surface area contributed by atoms with Crippen LogP contribution in [0.2, 0.25) is 0 Å². The van der Waals surface area contributed by atoms with Crippen LogP contribution in [0.15, 0.2) is 47.4 Å². The lowest BCUT2D eigenvalue weighted by atomic mass is 9.92. The van der Waals surface area contributed by atoms with Crippen molar-refractivity contribution in [2.24, 2.45) is 0 Å². The lowest BCUT2D eigenvalue weighted by Gasteiger charge is -2.35.